The van der Waals surface area contributed by atoms with Crippen LogP contribution in [0.4, 0.5) is 10.8 Å². The molecule has 166 valence electrons. The van der Waals surface area contributed by atoms with Crippen LogP contribution < -0.4 is 9.64 Å². The second-order valence-electron chi connectivity index (χ2n) is 8.40. The Balaban J connectivity index is 1.16. The molecule has 5 rings (SSSR count). The van der Waals surface area contributed by atoms with Crippen molar-refractivity contribution in [3.8, 4) is 5.75 Å². The number of rotatable bonds is 6. The molecule has 0 spiro atoms. The molecule has 0 N–H and O–H groups in total. The molecule has 1 saturated heterocycles. The number of fused-ring (bicyclic) bond motifs is 1. The monoisotopic (exact) mass is 448 g/mol. The smallest absolute Gasteiger partial charge is 0.230 e. The summed E-state index contributed by atoms with van der Waals surface area (Å²) < 4.78 is 5.62. The van der Waals surface area contributed by atoms with E-state index in [1.807, 2.05) is 30.3 Å². The first-order valence-corrected chi connectivity index (χ1v) is 12.0. The summed E-state index contributed by atoms with van der Waals surface area (Å²) in [5, 5.41) is 2.81. The summed E-state index contributed by atoms with van der Waals surface area (Å²) in [7, 11) is 0. The van der Waals surface area contributed by atoms with E-state index in [2.05, 4.69) is 33.4 Å². The molecule has 2 aromatic carbocycles. The Morgan fingerprint density at radius 2 is 1.81 bits per heavy atom. The van der Waals surface area contributed by atoms with Crippen LogP contribution in [0.2, 0.25) is 0 Å². The van der Waals surface area contributed by atoms with Gasteiger partial charge in [-0.15, -0.1) is 11.3 Å². The molecule has 0 bridgehead atoms. The van der Waals surface area contributed by atoms with Gasteiger partial charge in [0.2, 0.25) is 5.91 Å². The van der Waals surface area contributed by atoms with Gasteiger partial charge in [-0.1, -0.05) is 30.3 Å². The van der Waals surface area contributed by atoms with Crippen LogP contribution in [-0.4, -0.2) is 53.5 Å². The summed E-state index contributed by atoms with van der Waals surface area (Å²) in [6.07, 6.45) is 1.03. The van der Waals surface area contributed by atoms with Crippen molar-refractivity contribution in [1.82, 2.24) is 14.8 Å². The van der Waals surface area contributed by atoms with E-state index in [9.17, 15) is 4.79 Å². The first kappa shape index (κ1) is 21.1. The molecule has 0 unspecified atom stereocenters. The van der Waals surface area contributed by atoms with Gasteiger partial charge >= 0.3 is 0 Å². The molecule has 32 heavy (non-hydrogen) atoms. The molecule has 3 heterocycles. The first-order valence-electron chi connectivity index (χ1n) is 11.2. The molecular formula is C25H28N4O2S. The molecule has 0 saturated carbocycles. The highest BCUT2D eigenvalue weighted by atomic mass is 32.1. The van der Waals surface area contributed by atoms with Crippen LogP contribution in [0.5, 0.6) is 5.75 Å². The highest BCUT2D eigenvalue weighted by Gasteiger charge is 2.21. The number of amides is 1. The van der Waals surface area contributed by atoms with E-state index >= 15 is 0 Å². The summed E-state index contributed by atoms with van der Waals surface area (Å²) in [6.45, 7) is 8.36. The van der Waals surface area contributed by atoms with Crippen molar-refractivity contribution in [3.05, 3.63) is 70.7 Å². The molecule has 3 aromatic rings. The van der Waals surface area contributed by atoms with Crippen molar-refractivity contribution >= 4 is 28.1 Å². The minimum Gasteiger partial charge on any atom is -0.493 e. The second kappa shape index (κ2) is 9.40. The number of piperazine rings is 1. The van der Waals surface area contributed by atoms with Gasteiger partial charge in [0.25, 0.3) is 0 Å². The van der Waals surface area contributed by atoms with Crippen molar-refractivity contribution in [2.45, 2.75) is 26.4 Å². The third-order valence-corrected chi connectivity index (χ3v) is 6.95. The number of hydrogen-bond donors (Lipinski definition) is 0. The topological polar surface area (TPSA) is 48.9 Å². The molecule has 2 aliphatic rings. The third kappa shape index (κ3) is 4.70. The van der Waals surface area contributed by atoms with E-state index in [4.69, 9.17) is 9.72 Å². The molecule has 2 aliphatic heterocycles. The van der Waals surface area contributed by atoms with Crippen molar-refractivity contribution in [1.29, 1.82) is 0 Å². The lowest BCUT2D eigenvalue weighted by Crippen LogP contribution is -2.45. The number of para-hydroxylation sites is 1. The minimum atomic E-state index is -0.0242. The number of carbonyl (C=O) groups excluding carboxylic acids is 1. The van der Waals surface area contributed by atoms with Crippen LogP contribution in [0.1, 0.15) is 23.7 Å². The second-order valence-corrected chi connectivity index (χ2v) is 9.24. The number of carbonyl (C=O) groups is 1. The predicted octanol–water partition coefficient (Wildman–Crippen LogP) is 4.08. The highest BCUT2D eigenvalue weighted by molar-refractivity contribution is 7.14. The lowest BCUT2D eigenvalue weighted by atomic mass is 10.1. The Bertz CT molecular complexity index is 1080. The largest absolute Gasteiger partial charge is 0.493 e. The summed E-state index contributed by atoms with van der Waals surface area (Å²) in [5.41, 5.74) is 4.60. The summed E-state index contributed by atoms with van der Waals surface area (Å²) in [4.78, 5) is 23.7. The summed E-state index contributed by atoms with van der Waals surface area (Å²) in [6, 6.07) is 16.3. The molecule has 0 aliphatic carbocycles. The Morgan fingerprint density at radius 1 is 1.06 bits per heavy atom. The Morgan fingerprint density at radius 3 is 2.56 bits per heavy atom. The van der Waals surface area contributed by atoms with Crippen LogP contribution in [-0.2, 0) is 24.3 Å². The number of benzene rings is 2. The van der Waals surface area contributed by atoms with Gasteiger partial charge in [0.05, 0.1) is 18.0 Å². The molecule has 1 amide bonds. The Labute approximate surface area is 193 Å². The Hall–Kier alpha value is -2.74. The normalized spacial score (nSPS) is 16.5. The van der Waals surface area contributed by atoms with E-state index < -0.39 is 0 Å². The van der Waals surface area contributed by atoms with Crippen LogP contribution >= 0.6 is 11.3 Å². The van der Waals surface area contributed by atoms with Crippen LogP contribution in [0.15, 0.2) is 53.9 Å². The molecule has 6 nitrogen and oxygen atoms in total. The van der Waals surface area contributed by atoms with E-state index in [0.717, 1.165) is 74.6 Å². The molecule has 0 atom stereocenters. The summed E-state index contributed by atoms with van der Waals surface area (Å²) >= 11 is 1.53. The highest BCUT2D eigenvalue weighted by Crippen LogP contribution is 2.29. The maximum atomic E-state index is 12.3. The number of thiazole rings is 1. The first-order chi connectivity index (χ1) is 15.7. The van der Waals surface area contributed by atoms with E-state index in [-0.39, 0.29) is 5.91 Å². The molecule has 7 heteroatoms. The number of anilines is 2. The molecule has 1 aromatic heterocycles. The van der Waals surface area contributed by atoms with Gasteiger partial charge in [-0.25, -0.2) is 4.98 Å². The van der Waals surface area contributed by atoms with Crippen molar-refractivity contribution < 1.29 is 9.53 Å². The zero-order chi connectivity index (χ0) is 21.9. The zero-order valence-electron chi connectivity index (χ0n) is 18.4. The van der Waals surface area contributed by atoms with E-state index in [1.165, 1.54) is 22.5 Å². The standard InChI is InChI=1S/C25H28N4O2S/c1-19(30)29(23-5-3-2-4-6-23)25-26-22(18-32-25)17-28-12-10-27(11-13-28)16-20-7-8-24-21(15-20)9-14-31-24/h2-8,15,18H,9-14,16-17H2,1H3. The Kier molecular flexibility index (Phi) is 6.21. The van der Waals surface area contributed by atoms with Crippen molar-refractivity contribution in [3.63, 3.8) is 0 Å². The average Bonchev–Trinajstić information content (AvgIpc) is 3.45. The predicted molar refractivity (Wildman–Crippen MR) is 128 cm³/mol. The van der Waals surface area contributed by atoms with Gasteiger partial charge in [0.1, 0.15) is 5.75 Å². The van der Waals surface area contributed by atoms with Gasteiger partial charge < -0.3 is 4.74 Å². The molecular weight excluding hydrogens is 420 g/mol. The van der Waals surface area contributed by atoms with Gasteiger partial charge in [0, 0.05) is 58.0 Å². The van der Waals surface area contributed by atoms with Gasteiger partial charge in [-0.2, -0.15) is 0 Å². The number of nitrogens with zero attached hydrogens (tertiary/aromatic N) is 4. The van der Waals surface area contributed by atoms with Gasteiger partial charge in [-0.3, -0.25) is 19.5 Å². The fourth-order valence-corrected chi connectivity index (χ4v) is 5.28. The number of aromatic nitrogens is 1. The van der Waals surface area contributed by atoms with Crippen molar-refractivity contribution in [2.24, 2.45) is 0 Å². The maximum Gasteiger partial charge on any atom is 0.230 e. The fraction of sp³-hybridized carbons (Fsp3) is 0.360. The lowest BCUT2D eigenvalue weighted by molar-refractivity contribution is -0.115. The maximum absolute atomic E-state index is 12.3. The average molecular weight is 449 g/mol. The van der Waals surface area contributed by atoms with Crippen molar-refractivity contribution in [2.75, 3.05) is 37.7 Å². The van der Waals surface area contributed by atoms with Gasteiger partial charge in [0.15, 0.2) is 5.13 Å². The van der Waals surface area contributed by atoms with E-state index in [1.54, 1.807) is 11.8 Å². The third-order valence-electron chi connectivity index (χ3n) is 6.07. The van der Waals surface area contributed by atoms with E-state index in [0.29, 0.717) is 0 Å². The quantitative estimate of drug-likeness (QED) is 0.569. The van der Waals surface area contributed by atoms with Gasteiger partial charge in [-0.05, 0) is 29.3 Å². The fourth-order valence-electron chi connectivity index (χ4n) is 4.41. The zero-order valence-corrected chi connectivity index (χ0v) is 19.2. The molecule has 1 fully saturated rings. The lowest BCUT2D eigenvalue weighted by Gasteiger charge is -2.34. The number of hydrogen-bond acceptors (Lipinski definition) is 6. The SMILES string of the molecule is CC(=O)N(c1ccccc1)c1nc(CN2CCN(Cc3ccc4c(c3)CCO4)CC2)cs1. The van der Waals surface area contributed by atoms with Crippen LogP contribution in [0, 0.1) is 0 Å². The number of ether oxygens (including phenoxy) is 1. The molecule has 0 radical (unpaired) electrons. The minimum absolute atomic E-state index is 0.0242. The summed E-state index contributed by atoms with van der Waals surface area (Å²) in [5.74, 6) is 1.03. The van der Waals surface area contributed by atoms with Crippen LogP contribution in [0.25, 0.3) is 0 Å². The van der Waals surface area contributed by atoms with Crippen LogP contribution in [0.3, 0.4) is 0 Å².